The van der Waals surface area contributed by atoms with Gasteiger partial charge in [-0.3, -0.25) is 4.90 Å². The van der Waals surface area contributed by atoms with Crippen LogP contribution in [0, 0.1) is 20.8 Å². The van der Waals surface area contributed by atoms with Crippen LogP contribution in [0.15, 0.2) is 18.2 Å². The van der Waals surface area contributed by atoms with Gasteiger partial charge in [-0.2, -0.15) is 0 Å². The third kappa shape index (κ3) is 3.44. The maximum atomic E-state index is 10.6. The van der Waals surface area contributed by atoms with Gasteiger partial charge in [-0.25, -0.2) is 0 Å². The number of hydrogen-bond donors (Lipinski definition) is 1. The molecule has 4 nitrogen and oxygen atoms in total. The Morgan fingerprint density at radius 2 is 1.74 bits per heavy atom. The van der Waals surface area contributed by atoms with Crippen molar-refractivity contribution in [3.05, 3.63) is 35.0 Å². The van der Waals surface area contributed by atoms with E-state index in [2.05, 4.69) is 60.4 Å². The zero-order valence-electron chi connectivity index (χ0n) is 14.8. The third-order valence-corrected chi connectivity index (χ3v) is 5.25. The standard InChI is InChI=1S/C19H29N3O/c1-14-5-6-19-18(11-14)15(2)16(3)22(19)13-17(23)12-21-9-7-20(4)8-10-21/h5-6,11,17,23H,7-10,12-13H2,1-4H3/t17-/m0/s1. The molecule has 0 radical (unpaired) electrons. The fourth-order valence-corrected chi connectivity index (χ4v) is 3.60. The second-order valence-corrected chi connectivity index (χ2v) is 7.10. The Balaban J connectivity index is 1.74. The molecular weight excluding hydrogens is 286 g/mol. The molecule has 0 aliphatic carbocycles. The first kappa shape index (κ1) is 16.5. The van der Waals surface area contributed by atoms with Crippen LogP contribution in [0.3, 0.4) is 0 Å². The highest BCUT2D eigenvalue weighted by atomic mass is 16.3. The van der Waals surface area contributed by atoms with Gasteiger partial charge in [0.25, 0.3) is 0 Å². The van der Waals surface area contributed by atoms with Crippen molar-refractivity contribution in [3.63, 3.8) is 0 Å². The second-order valence-electron chi connectivity index (χ2n) is 7.10. The molecule has 4 heteroatoms. The summed E-state index contributed by atoms with van der Waals surface area (Å²) in [6.07, 6.45) is -0.326. The molecule has 2 aromatic rings. The van der Waals surface area contributed by atoms with Gasteiger partial charge in [-0.05, 0) is 45.5 Å². The fourth-order valence-electron chi connectivity index (χ4n) is 3.60. The van der Waals surface area contributed by atoms with Crippen LogP contribution in [0.25, 0.3) is 10.9 Å². The number of hydrogen-bond acceptors (Lipinski definition) is 3. The highest BCUT2D eigenvalue weighted by Crippen LogP contribution is 2.26. The first-order valence-corrected chi connectivity index (χ1v) is 8.60. The Hall–Kier alpha value is -1.36. The largest absolute Gasteiger partial charge is 0.390 e. The average molecular weight is 315 g/mol. The van der Waals surface area contributed by atoms with Crippen LogP contribution in [0.2, 0.25) is 0 Å². The molecule has 0 bridgehead atoms. The van der Waals surface area contributed by atoms with E-state index in [0.717, 1.165) is 32.7 Å². The van der Waals surface area contributed by atoms with Crippen molar-refractivity contribution in [2.24, 2.45) is 0 Å². The topological polar surface area (TPSA) is 31.6 Å². The van der Waals surface area contributed by atoms with E-state index in [1.807, 2.05) is 0 Å². The first-order valence-electron chi connectivity index (χ1n) is 8.60. The Morgan fingerprint density at radius 3 is 2.43 bits per heavy atom. The number of aliphatic hydroxyl groups is 1. The predicted molar refractivity (Wildman–Crippen MR) is 96.1 cm³/mol. The molecular formula is C19H29N3O. The number of benzene rings is 1. The van der Waals surface area contributed by atoms with E-state index >= 15 is 0 Å². The van der Waals surface area contributed by atoms with Gasteiger partial charge in [0.2, 0.25) is 0 Å². The van der Waals surface area contributed by atoms with Crippen LogP contribution in [0.1, 0.15) is 16.8 Å². The number of aryl methyl sites for hydroxylation is 2. The lowest BCUT2D eigenvalue weighted by Crippen LogP contribution is -2.47. The first-order chi connectivity index (χ1) is 11.0. The number of aromatic nitrogens is 1. The zero-order valence-corrected chi connectivity index (χ0v) is 14.8. The highest BCUT2D eigenvalue weighted by Gasteiger charge is 2.19. The van der Waals surface area contributed by atoms with Gasteiger partial charge >= 0.3 is 0 Å². The van der Waals surface area contributed by atoms with E-state index in [1.54, 1.807) is 0 Å². The van der Waals surface area contributed by atoms with E-state index in [1.165, 1.54) is 27.7 Å². The Labute approximate surface area is 139 Å². The Bertz CT molecular complexity index is 683. The van der Waals surface area contributed by atoms with E-state index < -0.39 is 0 Å². The second kappa shape index (κ2) is 6.63. The van der Waals surface area contributed by atoms with Crippen LogP contribution in [0.4, 0.5) is 0 Å². The van der Waals surface area contributed by atoms with E-state index in [4.69, 9.17) is 0 Å². The molecule has 1 saturated heterocycles. The third-order valence-electron chi connectivity index (χ3n) is 5.25. The summed E-state index contributed by atoms with van der Waals surface area (Å²) in [5.41, 5.74) is 5.12. The molecule has 23 heavy (non-hydrogen) atoms. The van der Waals surface area contributed by atoms with Crippen LogP contribution < -0.4 is 0 Å². The van der Waals surface area contributed by atoms with Gasteiger partial charge in [-0.1, -0.05) is 11.6 Å². The van der Waals surface area contributed by atoms with Gasteiger partial charge < -0.3 is 14.6 Å². The molecule has 3 rings (SSSR count). The van der Waals surface area contributed by atoms with E-state index in [-0.39, 0.29) is 6.10 Å². The number of fused-ring (bicyclic) bond motifs is 1. The van der Waals surface area contributed by atoms with Crippen LogP contribution >= 0.6 is 0 Å². The summed E-state index contributed by atoms with van der Waals surface area (Å²) in [5, 5.41) is 11.9. The van der Waals surface area contributed by atoms with E-state index in [9.17, 15) is 5.11 Å². The monoisotopic (exact) mass is 315 g/mol. The highest BCUT2D eigenvalue weighted by molar-refractivity contribution is 5.85. The minimum Gasteiger partial charge on any atom is -0.390 e. The number of β-amino-alcohol motifs (C(OH)–C–C–N with tert-alkyl or cyclic N) is 1. The SMILES string of the molecule is Cc1ccc2c(c1)c(C)c(C)n2C[C@@H](O)CN1CCN(C)CC1. The van der Waals surface area contributed by atoms with Crippen molar-refractivity contribution in [2.75, 3.05) is 39.8 Å². The lowest BCUT2D eigenvalue weighted by Gasteiger charge is -2.33. The van der Waals surface area contributed by atoms with Gasteiger partial charge in [0, 0.05) is 49.3 Å². The molecule has 1 N–H and O–H groups in total. The van der Waals surface area contributed by atoms with Crippen molar-refractivity contribution >= 4 is 10.9 Å². The summed E-state index contributed by atoms with van der Waals surface area (Å²) < 4.78 is 2.28. The lowest BCUT2D eigenvalue weighted by atomic mass is 10.1. The van der Waals surface area contributed by atoms with Crippen LogP contribution in [0.5, 0.6) is 0 Å². The van der Waals surface area contributed by atoms with Gasteiger partial charge in [0.05, 0.1) is 12.6 Å². The number of aliphatic hydroxyl groups excluding tert-OH is 1. The van der Waals surface area contributed by atoms with Crippen LogP contribution in [-0.4, -0.2) is 65.3 Å². The summed E-state index contributed by atoms with van der Waals surface area (Å²) in [4.78, 5) is 4.72. The number of piperazine rings is 1. The molecule has 1 atom stereocenters. The summed E-state index contributed by atoms with van der Waals surface area (Å²) in [6, 6.07) is 6.60. The summed E-state index contributed by atoms with van der Waals surface area (Å²) in [7, 11) is 2.16. The van der Waals surface area contributed by atoms with Gasteiger partial charge in [0.15, 0.2) is 0 Å². The molecule has 0 amide bonds. The number of nitrogens with zero attached hydrogens (tertiary/aromatic N) is 3. The minimum absolute atomic E-state index is 0.326. The molecule has 2 heterocycles. The normalized spacial score (nSPS) is 18.7. The number of rotatable bonds is 4. The van der Waals surface area contributed by atoms with Gasteiger partial charge in [0.1, 0.15) is 0 Å². The summed E-state index contributed by atoms with van der Waals surface area (Å²) in [6.45, 7) is 12.2. The molecule has 1 aromatic heterocycles. The average Bonchev–Trinajstić information content (AvgIpc) is 2.74. The summed E-state index contributed by atoms with van der Waals surface area (Å²) in [5.74, 6) is 0. The van der Waals surface area contributed by atoms with E-state index in [0.29, 0.717) is 6.54 Å². The molecule has 1 aromatic carbocycles. The molecule has 0 saturated carbocycles. The van der Waals surface area contributed by atoms with Crippen molar-refractivity contribution in [1.29, 1.82) is 0 Å². The number of likely N-dealkylation sites (N-methyl/N-ethyl adjacent to an activating group) is 1. The predicted octanol–water partition coefficient (Wildman–Crippen LogP) is 2.17. The minimum atomic E-state index is -0.326. The molecule has 1 aliphatic rings. The van der Waals surface area contributed by atoms with Crippen molar-refractivity contribution in [2.45, 2.75) is 33.4 Å². The smallest absolute Gasteiger partial charge is 0.0845 e. The molecule has 126 valence electrons. The Kier molecular flexibility index (Phi) is 4.76. The Morgan fingerprint density at radius 1 is 1.04 bits per heavy atom. The molecule has 1 aliphatic heterocycles. The maximum absolute atomic E-state index is 10.6. The molecule has 0 spiro atoms. The summed E-state index contributed by atoms with van der Waals surface area (Å²) >= 11 is 0. The van der Waals surface area contributed by atoms with Crippen molar-refractivity contribution in [3.8, 4) is 0 Å². The van der Waals surface area contributed by atoms with Crippen molar-refractivity contribution < 1.29 is 5.11 Å². The van der Waals surface area contributed by atoms with Crippen molar-refractivity contribution in [1.82, 2.24) is 14.4 Å². The maximum Gasteiger partial charge on any atom is 0.0845 e. The zero-order chi connectivity index (χ0) is 16.6. The molecule has 0 unspecified atom stereocenters. The lowest BCUT2D eigenvalue weighted by molar-refractivity contribution is 0.0714. The fraction of sp³-hybridized carbons (Fsp3) is 0.579. The quantitative estimate of drug-likeness (QED) is 0.938. The van der Waals surface area contributed by atoms with Gasteiger partial charge in [-0.15, -0.1) is 0 Å². The van der Waals surface area contributed by atoms with Crippen LogP contribution in [-0.2, 0) is 6.54 Å². The molecule has 1 fully saturated rings.